The number of aliphatic hydroxyl groups is 1. The van der Waals surface area contributed by atoms with Crippen LogP contribution in [0.5, 0.6) is 0 Å². The molecule has 3 fully saturated rings. The van der Waals surface area contributed by atoms with Gasteiger partial charge in [0, 0.05) is 12.5 Å². The van der Waals surface area contributed by atoms with Crippen LogP contribution in [0, 0.1) is 34.5 Å². The van der Waals surface area contributed by atoms with Crippen LogP contribution in [0.3, 0.4) is 0 Å². The van der Waals surface area contributed by atoms with E-state index in [0.29, 0.717) is 18.5 Å². The third kappa shape index (κ3) is 3.78. The summed E-state index contributed by atoms with van der Waals surface area (Å²) in [6.07, 6.45) is 8.76. The summed E-state index contributed by atoms with van der Waals surface area (Å²) in [5.74, 6) is -0.876. The molecule has 6 rings (SSSR count). The second kappa shape index (κ2) is 9.24. The molecule has 1 unspecified atom stereocenters. The Morgan fingerprint density at radius 3 is 2.74 bits per heavy atom. The number of carbonyl (C=O) groups excluding carboxylic acids is 2. The van der Waals surface area contributed by atoms with Gasteiger partial charge in [0.05, 0.1) is 29.9 Å². The van der Waals surface area contributed by atoms with Gasteiger partial charge in [0.15, 0.2) is 5.60 Å². The van der Waals surface area contributed by atoms with E-state index in [9.17, 15) is 19.1 Å². The van der Waals surface area contributed by atoms with Crippen molar-refractivity contribution in [2.75, 3.05) is 13.7 Å². The van der Waals surface area contributed by atoms with E-state index in [1.807, 2.05) is 13.1 Å². The zero-order valence-electron chi connectivity index (χ0n) is 22.4. The summed E-state index contributed by atoms with van der Waals surface area (Å²) in [4.78, 5) is 29.3. The molecular formula is C29H34FN3O5S. The van der Waals surface area contributed by atoms with Gasteiger partial charge in [-0.15, -0.1) is 12.6 Å². The van der Waals surface area contributed by atoms with E-state index >= 15 is 0 Å². The molecule has 39 heavy (non-hydrogen) atoms. The molecule has 3 saturated carbocycles. The minimum atomic E-state index is -1.39. The van der Waals surface area contributed by atoms with Crippen molar-refractivity contribution in [2.45, 2.75) is 64.1 Å². The molecule has 0 amide bonds. The average Bonchev–Trinajstić information content (AvgIpc) is 3.41. The lowest BCUT2D eigenvalue weighted by atomic mass is 9.45. The second-order valence-electron chi connectivity index (χ2n) is 12.2. The van der Waals surface area contributed by atoms with E-state index in [2.05, 4.69) is 35.7 Å². The van der Waals surface area contributed by atoms with Gasteiger partial charge in [-0.25, -0.2) is 14.5 Å². The quantitative estimate of drug-likeness (QED) is 0.327. The summed E-state index contributed by atoms with van der Waals surface area (Å²) < 4.78 is 26.0. The van der Waals surface area contributed by atoms with Gasteiger partial charge in [0.1, 0.15) is 6.61 Å². The van der Waals surface area contributed by atoms with Crippen LogP contribution in [-0.4, -0.2) is 56.4 Å². The van der Waals surface area contributed by atoms with Crippen molar-refractivity contribution >= 4 is 29.8 Å². The molecule has 4 aliphatic carbocycles. The molecule has 2 aromatic rings. The minimum Gasteiger partial charge on any atom is -0.448 e. The summed E-state index contributed by atoms with van der Waals surface area (Å²) in [6.45, 7) is 3.99. The van der Waals surface area contributed by atoms with Crippen LogP contribution in [0.15, 0.2) is 30.1 Å². The summed E-state index contributed by atoms with van der Waals surface area (Å²) in [7, 11) is 1.41. The fourth-order valence-electron chi connectivity index (χ4n) is 8.78. The molecule has 0 aromatic carbocycles. The highest BCUT2D eigenvalue weighted by Crippen LogP contribution is 2.68. The summed E-state index contributed by atoms with van der Waals surface area (Å²) >= 11 is 4.22. The van der Waals surface area contributed by atoms with Crippen LogP contribution in [0.25, 0.3) is 11.8 Å². The van der Waals surface area contributed by atoms with Crippen LogP contribution >= 0.6 is 12.6 Å². The molecule has 0 spiro atoms. The van der Waals surface area contributed by atoms with Crippen LogP contribution in [0.2, 0.25) is 0 Å². The summed E-state index contributed by atoms with van der Waals surface area (Å²) in [6, 6.07) is 2.99. The van der Waals surface area contributed by atoms with E-state index in [1.165, 1.54) is 24.9 Å². The van der Waals surface area contributed by atoms with E-state index in [0.717, 1.165) is 36.9 Å². The number of pyridine rings is 1. The third-order valence-corrected chi connectivity index (χ3v) is 10.8. The first kappa shape index (κ1) is 26.7. The largest absolute Gasteiger partial charge is 0.448 e. The van der Waals surface area contributed by atoms with Gasteiger partial charge in [-0.2, -0.15) is 9.49 Å². The lowest BCUT2D eigenvalue weighted by Crippen LogP contribution is -2.62. The van der Waals surface area contributed by atoms with E-state index in [4.69, 9.17) is 9.47 Å². The molecule has 2 aromatic heterocycles. The van der Waals surface area contributed by atoms with Crippen molar-refractivity contribution in [1.82, 2.24) is 14.8 Å². The predicted octanol–water partition coefficient (Wildman–Crippen LogP) is 3.94. The van der Waals surface area contributed by atoms with Gasteiger partial charge in [0.25, 0.3) is 0 Å². The highest BCUT2D eigenvalue weighted by molar-refractivity contribution is 7.96. The lowest BCUT2D eigenvalue weighted by Gasteiger charge is -2.60. The second-order valence-corrected chi connectivity index (χ2v) is 12.6. The van der Waals surface area contributed by atoms with Crippen molar-refractivity contribution in [1.29, 1.82) is 0 Å². The highest BCUT2D eigenvalue weighted by Gasteiger charge is 2.70. The van der Waals surface area contributed by atoms with E-state index in [-0.39, 0.29) is 29.8 Å². The maximum absolute atomic E-state index is 13.4. The van der Waals surface area contributed by atoms with Gasteiger partial charge in [-0.05, 0) is 85.5 Å². The van der Waals surface area contributed by atoms with Crippen LogP contribution in [0.4, 0.5) is 4.39 Å². The SMILES string of the molecule is COCC(=O)O[C@]1(C(=O)S)CCC2[C@@H]3CCC4=Cc5c(cnn5-c5ccc(F)nc5)C[C@]4(C)[C@H]3[C@@H](O)C[C@@]21C. The number of allylic oxidation sites excluding steroid dienone is 1. The van der Waals surface area contributed by atoms with Gasteiger partial charge in [-0.3, -0.25) is 4.79 Å². The maximum Gasteiger partial charge on any atom is 0.333 e. The number of hydrogen-bond acceptors (Lipinski definition) is 7. The first-order chi connectivity index (χ1) is 18.5. The average molecular weight is 556 g/mol. The van der Waals surface area contributed by atoms with Crippen molar-refractivity contribution in [2.24, 2.45) is 28.6 Å². The zero-order chi connectivity index (χ0) is 27.7. The Morgan fingerprint density at radius 2 is 2.05 bits per heavy atom. The maximum atomic E-state index is 13.4. The number of methoxy groups -OCH3 is 1. The number of aromatic nitrogens is 3. The molecule has 208 valence electrons. The molecule has 0 bridgehead atoms. The summed E-state index contributed by atoms with van der Waals surface area (Å²) in [5, 5.41) is 16.0. The number of ether oxygens (including phenoxy) is 2. The van der Waals surface area contributed by atoms with Gasteiger partial charge < -0.3 is 14.6 Å². The van der Waals surface area contributed by atoms with Crippen molar-refractivity contribution < 1.29 is 28.6 Å². The minimum absolute atomic E-state index is 0.0138. The number of carbonyl (C=O) groups is 2. The number of fused-ring (bicyclic) bond motifs is 6. The molecular weight excluding hydrogens is 521 g/mol. The Balaban J connectivity index is 1.34. The zero-order valence-corrected chi connectivity index (χ0v) is 23.3. The molecule has 0 saturated heterocycles. The Morgan fingerprint density at radius 1 is 1.26 bits per heavy atom. The molecule has 0 aliphatic heterocycles. The molecule has 7 atom stereocenters. The van der Waals surface area contributed by atoms with Gasteiger partial charge >= 0.3 is 5.97 Å². The molecule has 10 heteroatoms. The molecule has 8 nitrogen and oxygen atoms in total. The van der Waals surface area contributed by atoms with Crippen LogP contribution in [0.1, 0.15) is 57.2 Å². The first-order valence-corrected chi connectivity index (χ1v) is 14.0. The highest BCUT2D eigenvalue weighted by atomic mass is 32.1. The summed E-state index contributed by atoms with van der Waals surface area (Å²) in [5.41, 5.74) is 1.62. The van der Waals surface area contributed by atoms with Crippen LogP contribution in [-0.2, 0) is 25.5 Å². The normalized spacial score (nSPS) is 36.7. The number of aliphatic hydroxyl groups excluding tert-OH is 1. The lowest BCUT2D eigenvalue weighted by molar-refractivity contribution is -0.198. The fraction of sp³-hybridized carbons (Fsp3) is 0.586. The molecule has 1 N–H and O–H groups in total. The topological polar surface area (TPSA) is 104 Å². The molecule has 4 aliphatic rings. The fourth-order valence-corrected chi connectivity index (χ4v) is 9.19. The number of rotatable bonds is 5. The monoisotopic (exact) mass is 555 g/mol. The van der Waals surface area contributed by atoms with Crippen molar-refractivity contribution in [3.05, 3.63) is 47.3 Å². The number of nitrogens with zero attached hydrogens (tertiary/aromatic N) is 3. The van der Waals surface area contributed by atoms with Crippen LogP contribution < -0.4 is 0 Å². The number of thiol groups is 1. The Bertz CT molecular complexity index is 1360. The van der Waals surface area contributed by atoms with E-state index < -0.39 is 34.2 Å². The van der Waals surface area contributed by atoms with Gasteiger partial charge in [-0.1, -0.05) is 19.4 Å². The molecule has 0 radical (unpaired) electrons. The number of halogens is 1. The smallest absolute Gasteiger partial charge is 0.333 e. The third-order valence-electron chi connectivity index (χ3n) is 10.4. The van der Waals surface area contributed by atoms with Gasteiger partial charge in [0.2, 0.25) is 11.1 Å². The predicted molar refractivity (Wildman–Crippen MR) is 143 cm³/mol. The van der Waals surface area contributed by atoms with Crippen molar-refractivity contribution in [3.8, 4) is 5.69 Å². The Hall–Kier alpha value is -2.56. The van der Waals surface area contributed by atoms with Crippen molar-refractivity contribution in [3.63, 3.8) is 0 Å². The number of hydrogen-bond donors (Lipinski definition) is 2. The number of esters is 1. The van der Waals surface area contributed by atoms with E-state index in [1.54, 1.807) is 10.7 Å². The Labute approximate surface area is 232 Å². The standard InChI is InChI=1S/C29H34FN3O5S/c1-27-11-16-13-32-33(18-5-7-23(30)31-14-18)21(16)10-17(27)4-6-19-20-8-9-29(26(36)39,38-24(35)15-37-3)28(20,2)12-22(34)25(19)27/h5,7,10,13-14,19-20,22,25,34H,4,6,8-9,11-12,15H2,1-3H3,(H,36,39)/t19-,20?,22-,25+,27-,28-,29-/m0/s1. The Kier molecular flexibility index (Phi) is 6.32. The first-order valence-electron chi connectivity index (χ1n) is 13.6. The molecule has 2 heterocycles.